The van der Waals surface area contributed by atoms with Gasteiger partial charge in [0.05, 0.1) is 10.2 Å². The van der Waals surface area contributed by atoms with E-state index < -0.39 is 6.10 Å². The number of halogens is 1. The standard InChI is InChI=1S/C18H15ClN2O3S/c1-10-7-11(19)8-15-16(10)21(2)18(25-15)20-17(22)14-9-23-12-5-3-4-6-13(12)24-14/h3-8,14H,9H2,1-2H3/t14-/m0/s1. The van der Waals surface area contributed by atoms with Gasteiger partial charge in [0, 0.05) is 12.1 Å². The van der Waals surface area contributed by atoms with Crippen LogP contribution < -0.4 is 14.3 Å². The number of para-hydroxylation sites is 2. The fraction of sp³-hybridized carbons (Fsp3) is 0.222. The first-order valence-corrected chi connectivity index (χ1v) is 8.95. The van der Waals surface area contributed by atoms with Gasteiger partial charge in [0.15, 0.2) is 16.3 Å². The maximum Gasteiger partial charge on any atom is 0.292 e. The maximum absolute atomic E-state index is 12.6. The van der Waals surface area contributed by atoms with E-state index in [0.717, 1.165) is 15.8 Å². The van der Waals surface area contributed by atoms with Gasteiger partial charge in [-0.25, -0.2) is 0 Å². The summed E-state index contributed by atoms with van der Waals surface area (Å²) in [6, 6.07) is 11.1. The Hall–Kier alpha value is -2.31. The molecule has 0 saturated heterocycles. The van der Waals surface area contributed by atoms with Crippen LogP contribution >= 0.6 is 22.9 Å². The number of nitrogens with zero attached hydrogens (tertiary/aromatic N) is 2. The number of hydrogen-bond acceptors (Lipinski definition) is 4. The zero-order chi connectivity index (χ0) is 17.6. The molecule has 25 heavy (non-hydrogen) atoms. The highest BCUT2D eigenvalue weighted by Gasteiger charge is 2.27. The predicted molar refractivity (Wildman–Crippen MR) is 97.5 cm³/mol. The van der Waals surface area contributed by atoms with Crippen molar-refractivity contribution in [3.05, 3.63) is 51.8 Å². The topological polar surface area (TPSA) is 52.8 Å². The van der Waals surface area contributed by atoms with Crippen LogP contribution in [0.1, 0.15) is 5.56 Å². The summed E-state index contributed by atoms with van der Waals surface area (Å²) in [5, 5.41) is 0.672. The molecule has 1 atom stereocenters. The number of fused-ring (bicyclic) bond motifs is 2. The smallest absolute Gasteiger partial charge is 0.292 e. The minimum absolute atomic E-state index is 0.152. The number of thiazole rings is 1. The zero-order valence-corrected chi connectivity index (χ0v) is 15.2. The number of aromatic nitrogens is 1. The van der Waals surface area contributed by atoms with Crippen molar-refractivity contribution < 1.29 is 14.3 Å². The lowest BCUT2D eigenvalue weighted by Gasteiger charge is -2.23. The molecule has 0 N–H and O–H groups in total. The van der Waals surface area contributed by atoms with E-state index in [9.17, 15) is 4.79 Å². The van der Waals surface area contributed by atoms with Crippen LogP contribution in [-0.4, -0.2) is 23.2 Å². The summed E-state index contributed by atoms with van der Waals surface area (Å²) in [5.41, 5.74) is 2.06. The first kappa shape index (κ1) is 16.2. The van der Waals surface area contributed by atoms with Gasteiger partial charge in [-0.3, -0.25) is 4.79 Å². The number of aryl methyl sites for hydroxylation is 2. The highest BCUT2D eigenvalue weighted by molar-refractivity contribution is 7.16. The minimum atomic E-state index is -0.746. The van der Waals surface area contributed by atoms with E-state index in [-0.39, 0.29) is 12.5 Å². The molecular formula is C18H15ClN2O3S. The van der Waals surface area contributed by atoms with Crippen molar-refractivity contribution in [3.63, 3.8) is 0 Å². The molecule has 0 fully saturated rings. The first-order valence-electron chi connectivity index (χ1n) is 7.75. The average Bonchev–Trinajstić information content (AvgIpc) is 2.90. The average molecular weight is 375 g/mol. The lowest BCUT2D eigenvalue weighted by Crippen LogP contribution is -2.36. The monoisotopic (exact) mass is 374 g/mol. The SMILES string of the molecule is Cc1cc(Cl)cc2sc(=NC(=O)[C@@H]3COc4ccccc4O3)n(C)c12. The van der Waals surface area contributed by atoms with Crippen molar-refractivity contribution in [1.82, 2.24) is 4.57 Å². The number of hydrogen-bond donors (Lipinski definition) is 0. The second-order valence-electron chi connectivity index (χ2n) is 5.83. The summed E-state index contributed by atoms with van der Waals surface area (Å²) in [5.74, 6) is 0.843. The molecular weight excluding hydrogens is 360 g/mol. The van der Waals surface area contributed by atoms with Crippen molar-refractivity contribution in [1.29, 1.82) is 0 Å². The lowest BCUT2D eigenvalue weighted by molar-refractivity contribution is -0.127. The molecule has 0 radical (unpaired) electrons. The first-order chi connectivity index (χ1) is 12.0. The molecule has 0 saturated carbocycles. The van der Waals surface area contributed by atoms with Crippen molar-refractivity contribution in [2.24, 2.45) is 12.0 Å². The van der Waals surface area contributed by atoms with Crippen molar-refractivity contribution in [2.75, 3.05) is 6.61 Å². The minimum Gasteiger partial charge on any atom is -0.485 e. The summed E-state index contributed by atoms with van der Waals surface area (Å²) in [4.78, 5) is 17.4. The number of rotatable bonds is 1. The third-order valence-electron chi connectivity index (χ3n) is 4.04. The molecule has 1 aliphatic rings. The normalized spacial score (nSPS) is 17.1. The summed E-state index contributed by atoms with van der Waals surface area (Å²) in [7, 11) is 1.89. The van der Waals surface area contributed by atoms with E-state index in [0.29, 0.717) is 21.3 Å². The van der Waals surface area contributed by atoms with Crippen molar-refractivity contribution >= 4 is 39.1 Å². The molecule has 2 heterocycles. The molecule has 0 unspecified atom stereocenters. The lowest BCUT2D eigenvalue weighted by atomic mass is 10.2. The van der Waals surface area contributed by atoms with Gasteiger partial charge in [0.1, 0.15) is 6.61 Å². The van der Waals surface area contributed by atoms with E-state index in [4.69, 9.17) is 21.1 Å². The van der Waals surface area contributed by atoms with Crippen LogP contribution in [0, 0.1) is 6.92 Å². The van der Waals surface area contributed by atoms with Gasteiger partial charge < -0.3 is 14.0 Å². The Morgan fingerprint density at radius 3 is 2.88 bits per heavy atom. The molecule has 5 nitrogen and oxygen atoms in total. The molecule has 128 valence electrons. The van der Waals surface area contributed by atoms with Crippen LogP contribution in [0.25, 0.3) is 10.2 Å². The maximum atomic E-state index is 12.6. The molecule has 1 aliphatic heterocycles. The van der Waals surface area contributed by atoms with E-state index in [1.165, 1.54) is 11.3 Å². The Kier molecular flexibility index (Phi) is 4.01. The van der Waals surface area contributed by atoms with E-state index in [2.05, 4.69) is 4.99 Å². The summed E-state index contributed by atoms with van der Waals surface area (Å²) < 4.78 is 14.2. The Balaban J connectivity index is 1.70. The molecule has 0 spiro atoms. The van der Waals surface area contributed by atoms with Crippen LogP contribution in [0.3, 0.4) is 0 Å². The fourth-order valence-corrected chi connectivity index (χ4v) is 4.36. The molecule has 4 rings (SSSR count). The number of ether oxygens (including phenoxy) is 2. The van der Waals surface area contributed by atoms with Gasteiger partial charge in [0.25, 0.3) is 5.91 Å². The molecule has 0 aliphatic carbocycles. The van der Waals surface area contributed by atoms with Crippen LogP contribution in [0.2, 0.25) is 5.02 Å². The van der Waals surface area contributed by atoms with Crippen molar-refractivity contribution in [3.8, 4) is 11.5 Å². The Labute approximate surface area is 153 Å². The number of carbonyl (C=O) groups is 1. The van der Waals surface area contributed by atoms with Gasteiger partial charge in [-0.1, -0.05) is 35.1 Å². The number of carbonyl (C=O) groups excluding carboxylic acids is 1. The third kappa shape index (κ3) is 2.92. The summed E-state index contributed by atoms with van der Waals surface area (Å²) in [6.45, 7) is 2.14. The predicted octanol–water partition coefficient (Wildman–Crippen LogP) is 3.47. The van der Waals surface area contributed by atoms with E-state index in [1.807, 2.05) is 48.9 Å². The van der Waals surface area contributed by atoms with Gasteiger partial charge in [-0.15, -0.1) is 0 Å². The molecule has 0 bridgehead atoms. The van der Waals surface area contributed by atoms with Crippen LogP contribution in [0.4, 0.5) is 0 Å². The van der Waals surface area contributed by atoms with Crippen LogP contribution in [-0.2, 0) is 11.8 Å². The van der Waals surface area contributed by atoms with Gasteiger partial charge >= 0.3 is 0 Å². The quantitative estimate of drug-likeness (QED) is 0.655. The second-order valence-corrected chi connectivity index (χ2v) is 7.27. The number of benzene rings is 2. The molecule has 2 aromatic carbocycles. The Morgan fingerprint density at radius 1 is 1.32 bits per heavy atom. The molecule has 1 aromatic heterocycles. The van der Waals surface area contributed by atoms with E-state index >= 15 is 0 Å². The summed E-state index contributed by atoms with van der Waals surface area (Å²) in [6.07, 6.45) is -0.746. The molecule has 7 heteroatoms. The molecule has 3 aromatic rings. The van der Waals surface area contributed by atoms with Gasteiger partial charge in [-0.05, 0) is 36.8 Å². The molecule has 1 amide bonds. The van der Waals surface area contributed by atoms with Crippen molar-refractivity contribution in [2.45, 2.75) is 13.0 Å². The zero-order valence-electron chi connectivity index (χ0n) is 13.7. The van der Waals surface area contributed by atoms with Gasteiger partial charge in [0.2, 0.25) is 6.10 Å². The van der Waals surface area contributed by atoms with Crippen LogP contribution in [0.15, 0.2) is 41.4 Å². The third-order valence-corrected chi connectivity index (χ3v) is 5.34. The highest BCUT2D eigenvalue weighted by Crippen LogP contribution is 2.31. The highest BCUT2D eigenvalue weighted by atomic mass is 35.5. The largest absolute Gasteiger partial charge is 0.485 e. The second kappa shape index (κ2) is 6.20. The van der Waals surface area contributed by atoms with Gasteiger partial charge in [-0.2, -0.15) is 4.99 Å². The van der Waals surface area contributed by atoms with Crippen LogP contribution in [0.5, 0.6) is 11.5 Å². The number of amides is 1. The Morgan fingerprint density at radius 2 is 2.08 bits per heavy atom. The van der Waals surface area contributed by atoms with E-state index in [1.54, 1.807) is 6.07 Å². The summed E-state index contributed by atoms with van der Waals surface area (Å²) >= 11 is 7.55. The Bertz CT molecular complexity index is 1050. The fourth-order valence-electron chi connectivity index (χ4n) is 2.88.